The fourth-order valence-electron chi connectivity index (χ4n) is 3.88. The number of carbonyl (C=O) groups is 1. The molecule has 5 rings (SSSR count). The van der Waals surface area contributed by atoms with E-state index in [-0.39, 0.29) is 5.97 Å². The number of rotatable bonds is 2. The average Bonchev–Trinajstić information content (AvgIpc) is 3.13. The van der Waals surface area contributed by atoms with Gasteiger partial charge >= 0.3 is 5.97 Å². The molecule has 2 saturated heterocycles. The molecule has 0 spiro atoms. The van der Waals surface area contributed by atoms with Crippen molar-refractivity contribution in [2.45, 2.75) is 35.7 Å². The number of carbonyl (C=O) groups excluding carboxylic acids is 1. The number of fused-ring (bicyclic) bond motifs is 2. The van der Waals surface area contributed by atoms with Crippen LogP contribution in [-0.4, -0.2) is 40.5 Å². The van der Waals surface area contributed by atoms with E-state index in [0.717, 1.165) is 61.0 Å². The highest BCUT2D eigenvalue weighted by Crippen LogP contribution is 2.42. The van der Waals surface area contributed by atoms with Crippen molar-refractivity contribution in [3.63, 3.8) is 0 Å². The van der Waals surface area contributed by atoms with Crippen molar-refractivity contribution in [2.75, 3.05) is 25.0 Å². The Hall–Kier alpha value is -2.38. The van der Waals surface area contributed by atoms with Gasteiger partial charge in [-0.3, -0.25) is 4.90 Å². The van der Waals surface area contributed by atoms with Gasteiger partial charge in [-0.15, -0.1) is 0 Å². The molecule has 1 N–H and O–H groups in total. The number of hydrogen-bond donors (Lipinski definition) is 1. The molecule has 3 aliphatic heterocycles. The topological polar surface area (TPSA) is 67.3 Å². The zero-order valence-electron chi connectivity index (χ0n) is 14.9. The summed E-state index contributed by atoms with van der Waals surface area (Å²) in [5, 5.41) is 4.31. The van der Waals surface area contributed by atoms with Crippen molar-refractivity contribution in [3.8, 4) is 0 Å². The van der Waals surface area contributed by atoms with Gasteiger partial charge in [0.05, 0.1) is 12.3 Å². The molecular formula is C20H20N4O2S. The number of hydrogen-bond acceptors (Lipinski definition) is 7. The van der Waals surface area contributed by atoms with E-state index < -0.39 is 0 Å². The number of piperidine rings is 1. The summed E-state index contributed by atoms with van der Waals surface area (Å²) in [6.45, 7) is 3.44. The molecule has 4 heterocycles. The van der Waals surface area contributed by atoms with E-state index in [1.807, 2.05) is 0 Å². The van der Waals surface area contributed by atoms with Crippen molar-refractivity contribution in [1.82, 2.24) is 14.9 Å². The van der Waals surface area contributed by atoms with Crippen LogP contribution in [0.25, 0.3) is 0 Å². The maximum absolute atomic E-state index is 11.8. The minimum Gasteiger partial charge on any atom is -0.462 e. The second-order valence-corrected chi connectivity index (χ2v) is 8.04. The largest absolute Gasteiger partial charge is 0.462 e. The monoisotopic (exact) mass is 380 g/mol. The first kappa shape index (κ1) is 16.8. The van der Waals surface area contributed by atoms with Gasteiger partial charge in [0.2, 0.25) is 0 Å². The van der Waals surface area contributed by atoms with Crippen LogP contribution in [0.3, 0.4) is 0 Å². The second-order valence-electron chi connectivity index (χ2n) is 7.01. The van der Waals surface area contributed by atoms with Gasteiger partial charge in [-0.2, -0.15) is 0 Å². The number of ether oxygens (including phenoxy) is 1. The third kappa shape index (κ3) is 3.33. The second kappa shape index (κ2) is 6.98. The van der Waals surface area contributed by atoms with Gasteiger partial charge in [-0.1, -0.05) is 23.4 Å². The summed E-state index contributed by atoms with van der Waals surface area (Å²) in [7, 11) is 0. The van der Waals surface area contributed by atoms with Crippen LogP contribution in [0.5, 0.6) is 0 Å². The lowest BCUT2D eigenvalue weighted by Crippen LogP contribution is -2.31. The van der Waals surface area contributed by atoms with Crippen LogP contribution in [-0.2, 0) is 16.1 Å². The van der Waals surface area contributed by atoms with Gasteiger partial charge in [0, 0.05) is 48.9 Å². The highest BCUT2D eigenvalue weighted by Gasteiger charge is 2.25. The van der Waals surface area contributed by atoms with Crippen LogP contribution in [0.15, 0.2) is 51.7 Å². The van der Waals surface area contributed by atoms with E-state index >= 15 is 0 Å². The van der Waals surface area contributed by atoms with Crippen LogP contribution >= 0.6 is 11.8 Å². The third-order valence-electron chi connectivity index (χ3n) is 5.29. The van der Waals surface area contributed by atoms with Crippen LogP contribution < -0.4 is 5.32 Å². The predicted molar refractivity (Wildman–Crippen MR) is 103 cm³/mol. The van der Waals surface area contributed by atoms with E-state index in [1.54, 1.807) is 24.2 Å². The molecule has 3 aliphatic rings. The van der Waals surface area contributed by atoms with Crippen LogP contribution in [0.4, 0.5) is 11.5 Å². The number of esters is 1. The van der Waals surface area contributed by atoms with Crippen molar-refractivity contribution in [3.05, 3.63) is 47.3 Å². The zero-order valence-corrected chi connectivity index (χ0v) is 15.7. The molecule has 0 saturated carbocycles. The lowest BCUT2D eigenvalue weighted by Gasteiger charge is -2.29. The standard InChI is InChI=1S/C20H20N4O2S/c25-20-15(5-10-26-20)14-3-8-24(9-4-14)12-13-1-2-17-16(11-13)23-18-19(27-17)22-7-6-21-18/h1-2,6-7,11H,3-5,8-10,12H2,(H,21,23). The first-order chi connectivity index (χ1) is 13.3. The molecule has 7 heteroatoms. The van der Waals surface area contributed by atoms with Crippen LogP contribution in [0.1, 0.15) is 24.8 Å². The van der Waals surface area contributed by atoms with Crippen LogP contribution in [0, 0.1) is 0 Å². The van der Waals surface area contributed by atoms with E-state index in [2.05, 4.69) is 38.4 Å². The third-order valence-corrected chi connectivity index (χ3v) is 6.36. The molecule has 138 valence electrons. The minimum absolute atomic E-state index is 0.0971. The van der Waals surface area contributed by atoms with Crippen molar-refractivity contribution in [1.29, 1.82) is 0 Å². The minimum atomic E-state index is -0.0971. The average molecular weight is 380 g/mol. The van der Waals surface area contributed by atoms with Gasteiger partial charge in [0.15, 0.2) is 5.82 Å². The molecule has 0 amide bonds. The molecule has 1 aromatic heterocycles. The molecule has 6 nitrogen and oxygen atoms in total. The Labute approximate surface area is 162 Å². The highest BCUT2D eigenvalue weighted by molar-refractivity contribution is 7.99. The quantitative estimate of drug-likeness (QED) is 0.539. The first-order valence-electron chi connectivity index (χ1n) is 9.25. The van der Waals surface area contributed by atoms with Gasteiger partial charge in [0.1, 0.15) is 5.03 Å². The first-order valence-corrected chi connectivity index (χ1v) is 10.1. The molecule has 2 fully saturated rings. The van der Waals surface area contributed by atoms with Crippen molar-refractivity contribution in [2.24, 2.45) is 0 Å². The Kier molecular flexibility index (Phi) is 4.33. The summed E-state index contributed by atoms with van der Waals surface area (Å²) < 4.78 is 5.09. The Balaban J connectivity index is 1.26. The van der Waals surface area contributed by atoms with Gasteiger partial charge in [0.25, 0.3) is 0 Å². The van der Waals surface area contributed by atoms with Crippen LogP contribution in [0.2, 0.25) is 0 Å². The molecule has 27 heavy (non-hydrogen) atoms. The van der Waals surface area contributed by atoms with Crippen molar-refractivity contribution < 1.29 is 9.53 Å². The van der Waals surface area contributed by atoms with Gasteiger partial charge in [-0.05, 0) is 30.5 Å². The summed E-state index contributed by atoms with van der Waals surface area (Å²) in [6.07, 6.45) is 6.14. The van der Waals surface area contributed by atoms with Crippen molar-refractivity contribution >= 4 is 29.2 Å². The Morgan fingerprint density at radius 1 is 1.15 bits per heavy atom. The fraction of sp³-hybridized carbons (Fsp3) is 0.350. The summed E-state index contributed by atoms with van der Waals surface area (Å²) in [5.74, 6) is 0.727. The lowest BCUT2D eigenvalue weighted by atomic mass is 9.96. The number of nitrogens with one attached hydrogen (secondary N) is 1. The summed E-state index contributed by atoms with van der Waals surface area (Å²) in [5.41, 5.74) is 4.61. The highest BCUT2D eigenvalue weighted by atomic mass is 32.2. The summed E-state index contributed by atoms with van der Waals surface area (Å²) in [4.78, 5) is 24.1. The van der Waals surface area contributed by atoms with E-state index in [0.29, 0.717) is 6.61 Å². The lowest BCUT2D eigenvalue weighted by molar-refractivity contribution is -0.135. The number of likely N-dealkylation sites (tertiary alicyclic amines) is 1. The molecule has 0 aliphatic carbocycles. The zero-order chi connectivity index (χ0) is 18.2. The molecular weight excluding hydrogens is 360 g/mol. The number of anilines is 2. The molecule has 0 radical (unpaired) electrons. The number of aromatic nitrogens is 2. The maximum atomic E-state index is 11.8. The molecule has 0 unspecified atom stereocenters. The normalized spacial score (nSPS) is 19.3. The Morgan fingerprint density at radius 2 is 2.00 bits per heavy atom. The fourth-order valence-corrected chi connectivity index (χ4v) is 4.75. The Bertz CT molecular complexity index is 933. The summed E-state index contributed by atoms with van der Waals surface area (Å²) >= 11 is 1.65. The number of benzene rings is 1. The van der Waals surface area contributed by atoms with E-state index in [1.165, 1.54) is 16.0 Å². The molecule has 2 aromatic rings. The Morgan fingerprint density at radius 3 is 2.81 bits per heavy atom. The molecule has 0 atom stereocenters. The van der Waals surface area contributed by atoms with Gasteiger partial charge < -0.3 is 10.1 Å². The van der Waals surface area contributed by atoms with E-state index in [4.69, 9.17) is 4.74 Å². The predicted octanol–water partition coefficient (Wildman–Crippen LogP) is 3.52. The maximum Gasteiger partial charge on any atom is 0.334 e. The number of cyclic esters (lactones) is 1. The molecule has 0 bridgehead atoms. The summed E-state index contributed by atoms with van der Waals surface area (Å²) in [6, 6.07) is 6.56. The van der Waals surface area contributed by atoms with E-state index in [9.17, 15) is 4.79 Å². The SMILES string of the molecule is O=C1OCCC1=C1CCN(Cc2ccc3c(c2)Nc2nccnc2S3)CC1. The smallest absolute Gasteiger partial charge is 0.334 e. The van der Waals surface area contributed by atoms with Gasteiger partial charge in [-0.25, -0.2) is 14.8 Å². The number of nitrogens with zero attached hydrogens (tertiary/aromatic N) is 3. The molecule has 1 aromatic carbocycles.